The van der Waals surface area contributed by atoms with E-state index in [4.69, 9.17) is 39.2 Å². The van der Waals surface area contributed by atoms with Gasteiger partial charge in [-0.15, -0.1) is 70.6 Å². The van der Waals surface area contributed by atoms with Gasteiger partial charge in [0.1, 0.15) is 25.1 Å². The molecule has 0 aliphatic carbocycles. The molecule has 2 amide bonds. The molecule has 0 fully saturated rings. The van der Waals surface area contributed by atoms with Crippen LogP contribution in [-0.4, -0.2) is 155 Å². The molecule has 0 saturated heterocycles. The van der Waals surface area contributed by atoms with Gasteiger partial charge in [-0.3, -0.25) is 0 Å². The van der Waals surface area contributed by atoms with Crippen molar-refractivity contribution in [1.82, 2.24) is 10.6 Å². The van der Waals surface area contributed by atoms with E-state index in [-0.39, 0.29) is 19.2 Å². The maximum Gasteiger partial charge on any atom is 0.408 e. The Morgan fingerprint density at radius 1 is 0.543 bits per heavy atom. The summed E-state index contributed by atoms with van der Waals surface area (Å²) in [4.78, 5) is 51.0. The zero-order valence-corrected chi connectivity index (χ0v) is 32.1. The highest BCUT2D eigenvalue weighted by Crippen LogP contribution is 2.09. The third-order valence-electron chi connectivity index (χ3n) is 4.10. The maximum absolute atomic E-state index is 11.7. The predicted molar refractivity (Wildman–Crippen MR) is 203 cm³/mol. The molecule has 46 heavy (non-hydrogen) atoms. The molecule has 0 spiro atoms. The number of nitrogens with one attached hydrogen (secondary N) is 2. The lowest BCUT2D eigenvalue weighted by molar-refractivity contribution is -0.210. The number of thioether (sulfide) groups is 8. The van der Waals surface area contributed by atoms with Crippen molar-refractivity contribution in [1.29, 1.82) is 0 Å². The summed E-state index contributed by atoms with van der Waals surface area (Å²) in [6.07, 6.45) is 1.71. The SMILES string of the molecule is O=C(NCSCCSC/N=C\OOCSCCSCOC(=O)NCSCCSC/N=C/OOCCSCCO)OCCSCCO. The van der Waals surface area contributed by atoms with Crippen molar-refractivity contribution in [3.8, 4) is 0 Å². The zero-order chi connectivity index (χ0) is 33.4. The van der Waals surface area contributed by atoms with Gasteiger partial charge < -0.3 is 40.1 Å². The quantitative estimate of drug-likeness (QED) is 0.0180. The molecule has 0 aromatic carbocycles. The summed E-state index contributed by atoms with van der Waals surface area (Å²) in [5.41, 5.74) is 0. The van der Waals surface area contributed by atoms with Crippen LogP contribution in [0.25, 0.3) is 0 Å². The lowest BCUT2D eigenvalue weighted by Crippen LogP contribution is -2.25. The lowest BCUT2D eigenvalue weighted by Gasteiger charge is -2.06. The maximum atomic E-state index is 11.7. The van der Waals surface area contributed by atoms with E-state index in [0.717, 1.165) is 40.3 Å². The monoisotopic (exact) mass is 806 g/mol. The highest BCUT2D eigenvalue weighted by atomic mass is 32.2. The van der Waals surface area contributed by atoms with Crippen LogP contribution < -0.4 is 10.6 Å². The normalized spacial score (nSPS) is 11.3. The highest BCUT2D eigenvalue weighted by Gasteiger charge is 2.02. The molecular formula is C24H46N4O10S8. The van der Waals surface area contributed by atoms with Crippen LogP contribution in [0.1, 0.15) is 0 Å². The average molecular weight is 807 g/mol. The molecule has 0 atom stereocenters. The molecule has 0 bridgehead atoms. The largest absolute Gasteiger partial charge is 0.449 e. The Labute approximate surface area is 305 Å². The van der Waals surface area contributed by atoms with Gasteiger partial charge in [-0.2, -0.15) is 33.3 Å². The minimum Gasteiger partial charge on any atom is -0.449 e. The molecular weight excluding hydrogens is 761 g/mol. The van der Waals surface area contributed by atoms with E-state index < -0.39 is 12.2 Å². The predicted octanol–water partition coefficient (Wildman–Crippen LogP) is 3.99. The first kappa shape index (κ1) is 46.1. The van der Waals surface area contributed by atoms with Gasteiger partial charge in [-0.25, -0.2) is 19.6 Å². The molecule has 14 nitrogen and oxygen atoms in total. The molecule has 0 aliphatic rings. The van der Waals surface area contributed by atoms with Gasteiger partial charge in [-0.05, 0) is 0 Å². The third kappa shape index (κ3) is 40.3. The van der Waals surface area contributed by atoms with E-state index in [1.165, 1.54) is 36.3 Å². The molecule has 0 heterocycles. The van der Waals surface area contributed by atoms with Crippen LogP contribution in [0.15, 0.2) is 9.98 Å². The number of ether oxygens (including phenoxy) is 2. The average Bonchev–Trinajstić information content (AvgIpc) is 3.05. The van der Waals surface area contributed by atoms with Crippen molar-refractivity contribution in [3.63, 3.8) is 0 Å². The Bertz CT molecular complexity index is 742. The molecule has 270 valence electrons. The minimum atomic E-state index is -0.430. The second kappa shape index (κ2) is 41.3. The molecule has 0 aliphatic heterocycles. The number of carbonyl (C=O) groups excluding carboxylic acids is 2. The van der Waals surface area contributed by atoms with Crippen molar-refractivity contribution in [3.05, 3.63) is 0 Å². The van der Waals surface area contributed by atoms with Crippen LogP contribution in [0.2, 0.25) is 0 Å². The van der Waals surface area contributed by atoms with Crippen molar-refractivity contribution >= 4 is 119 Å². The molecule has 0 radical (unpaired) electrons. The van der Waals surface area contributed by atoms with Gasteiger partial charge in [0.15, 0.2) is 0 Å². The number of hydrogen-bond acceptors (Lipinski definition) is 20. The van der Waals surface area contributed by atoms with E-state index in [2.05, 4.69) is 20.6 Å². The number of amides is 2. The lowest BCUT2D eigenvalue weighted by atomic mass is 10.8. The summed E-state index contributed by atoms with van der Waals surface area (Å²) in [5.74, 6) is 10.6. The first-order valence-corrected chi connectivity index (χ1v) is 23.1. The standard InChI is InChI=1S/C24H46N4O10S8/c29-1-5-39-7-3-33-23(31)27-19-43-11-9-42-18-26-16-37-38-22-46-14-13-45-21-34-24(32)28-20-44-12-10-41-17-25-15-36-35-4-8-40-6-2-30/h15-16,29-30H,1-14,17-22H2,(H,27,31)(H,28,32)/b25-15+,26-16-. The van der Waals surface area contributed by atoms with Crippen LogP contribution in [-0.2, 0) is 29.0 Å². The van der Waals surface area contributed by atoms with Gasteiger partial charge in [0.2, 0.25) is 12.8 Å². The second-order valence-corrected chi connectivity index (χ2v) is 16.4. The number of aliphatic hydroxyl groups excluding tert-OH is 2. The van der Waals surface area contributed by atoms with E-state index >= 15 is 0 Å². The molecule has 0 aromatic rings. The summed E-state index contributed by atoms with van der Waals surface area (Å²) < 4.78 is 10.2. The van der Waals surface area contributed by atoms with Crippen LogP contribution in [0, 0.1) is 0 Å². The van der Waals surface area contributed by atoms with Crippen LogP contribution >= 0.6 is 94.1 Å². The van der Waals surface area contributed by atoms with Crippen molar-refractivity contribution in [2.24, 2.45) is 9.98 Å². The Morgan fingerprint density at radius 3 is 1.65 bits per heavy atom. The zero-order valence-electron chi connectivity index (χ0n) is 25.6. The van der Waals surface area contributed by atoms with Gasteiger partial charge in [0.05, 0.1) is 36.7 Å². The molecule has 0 saturated carbocycles. The number of rotatable bonds is 35. The number of hydrogen-bond donors (Lipinski definition) is 4. The Balaban J connectivity index is 3.27. The summed E-state index contributed by atoms with van der Waals surface area (Å²) in [6, 6.07) is 0. The van der Waals surface area contributed by atoms with Crippen LogP contribution in [0.3, 0.4) is 0 Å². The molecule has 0 aromatic heterocycles. The fourth-order valence-corrected chi connectivity index (χ4v) is 7.93. The second-order valence-electron chi connectivity index (χ2n) is 7.53. The Hall–Kier alpha value is 0.120. The van der Waals surface area contributed by atoms with Gasteiger partial charge >= 0.3 is 12.2 Å². The van der Waals surface area contributed by atoms with E-state index in [0.29, 0.717) is 59.9 Å². The molecule has 22 heteroatoms. The van der Waals surface area contributed by atoms with E-state index in [9.17, 15) is 9.59 Å². The topological polar surface area (TPSA) is 179 Å². The number of aliphatic hydroxyl groups is 2. The van der Waals surface area contributed by atoms with Crippen LogP contribution in [0.4, 0.5) is 9.59 Å². The van der Waals surface area contributed by atoms with Gasteiger partial charge in [0.25, 0.3) is 0 Å². The molecule has 0 unspecified atom stereocenters. The summed E-state index contributed by atoms with van der Waals surface area (Å²) >= 11 is 12.7. The first-order valence-electron chi connectivity index (χ1n) is 13.9. The first-order chi connectivity index (χ1) is 22.7. The van der Waals surface area contributed by atoms with E-state index in [1.54, 1.807) is 70.6 Å². The number of aliphatic imine (C=N–C) groups is 2. The number of alkyl carbamates (subject to hydrolysis) is 2. The van der Waals surface area contributed by atoms with Crippen LogP contribution in [0.5, 0.6) is 0 Å². The minimum absolute atomic E-state index is 0.129. The Morgan fingerprint density at radius 2 is 1.04 bits per heavy atom. The fraction of sp³-hybridized carbons (Fsp3) is 0.833. The van der Waals surface area contributed by atoms with Crippen molar-refractivity contribution in [2.45, 2.75) is 0 Å². The number of carbonyl (C=O) groups is 2. The fourth-order valence-electron chi connectivity index (χ4n) is 2.18. The van der Waals surface area contributed by atoms with Gasteiger partial charge in [0, 0.05) is 57.5 Å². The summed E-state index contributed by atoms with van der Waals surface area (Å²) in [5, 5.41) is 22.7. The smallest absolute Gasteiger partial charge is 0.408 e. The third-order valence-corrected chi connectivity index (χ3v) is 11.6. The van der Waals surface area contributed by atoms with Gasteiger partial charge in [-0.1, -0.05) is 0 Å². The summed E-state index contributed by atoms with van der Waals surface area (Å²) in [7, 11) is 0. The Kier molecular flexibility index (Phi) is 41.4. The van der Waals surface area contributed by atoms with Crippen molar-refractivity contribution < 1.29 is 48.8 Å². The highest BCUT2D eigenvalue weighted by molar-refractivity contribution is 8.03. The van der Waals surface area contributed by atoms with E-state index in [1.807, 2.05) is 0 Å². The molecule has 0 rings (SSSR count). The molecule has 4 N–H and O–H groups in total. The summed E-state index contributed by atoms with van der Waals surface area (Å²) in [6.45, 7) is 1.07. The number of nitrogens with zero attached hydrogens (tertiary/aromatic N) is 2. The van der Waals surface area contributed by atoms with Crippen molar-refractivity contribution in [2.75, 3.05) is 119 Å².